The highest BCUT2D eigenvalue weighted by atomic mass is 15.2. The van der Waals surface area contributed by atoms with Gasteiger partial charge >= 0.3 is 0 Å². The largest absolute Gasteiger partial charge is 0.400 e. The Hall–Kier alpha value is -1.77. The molecule has 2 aliphatic heterocycles. The normalized spacial score (nSPS) is 22.4. The van der Waals surface area contributed by atoms with Gasteiger partial charge in [0, 0.05) is 29.7 Å². The summed E-state index contributed by atoms with van der Waals surface area (Å²) in [5, 5.41) is 0. The predicted molar refractivity (Wildman–Crippen MR) is 82.0 cm³/mol. The van der Waals surface area contributed by atoms with Crippen molar-refractivity contribution in [1.29, 1.82) is 0 Å². The molecule has 0 aromatic heterocycles. The van der Waals surface area contributed by atoms with E-state index >= 15 is 0 Å². The highest BCUT2D eigenvalue weighted by molar-refractivity contribution is 5.86. The summed E-state index contributed by atoms with van der Waals surface area (Å²) in [6.45, 7) is 11.9. The maximum absolute atomic E-state index is 6.19. The summed E-state index contributed by atoms with van der Waals surface area (Å²) < 4.78 is 0. The average Bonchev–Trinajstić information content (AvgIpc) is 2.90. The van der Waals surface area contributed by atoms with E-state index in [2.05, 4.69) is 36.4 Å². The van der Waals surface area contributed by atoms with Crippen molar-refractivity contribution in [3.05, 3.63) is 46.8 Å². The minimum absolute atomic E-state index is 0.188. The van der Waals surface area contributed by atoms with Crippen LogP contribution < -0.4 is 5.73 Å². The van der Waals surface area contributed by atoms with Gasteiger partial charge < -0.3 is 10.6 Å². The fraction of sp³-hybridized carbons (Fsp3) is 0.438. The van der Waals surface area contributed by atoms with Crippen molar-refractivity contribution in [2.24, 2.45) is 10.7 Å². The maximum atomic E-state index is 6.19. The van der Waals surface area contributed by atoms with Gasteiger partial charge in [0.25, 0.3) is 0 Å². The van der Waals surface area contributed by atoms with Gasteiger partial charge in [0.2, 0.25) is 0 Å². The summed E-state index contributed by atoms with van der Waals surface area (Å²) in [7, 11) is 0. The highest BCUT2D eigenvalue weighted by Gasteiger charge is 2.31. The van der Waals surface area contributed by atoms with Crippen molar-refractivity contribution >= 4 is 6.21 Å². The maximum Gasteiger partial charge on any atom is 0.0664 e. The van der Waals surface area contributed by atoms with E-state index in [1.54, 1.807) is 0 Å². The van der Waals surface area contributed by atoms with E-state index in [1.807, 2.05) is 19.2 Å². The van der Waals surface area contributed by atoms with Crippen molar-refractivity contribution in [3.63, 3.8) is 0 Å². The Morgan fingerprint density at radius 3 is 3.00 bits per heavy atom. The van der Waals surface area contributed by atoms with Crippen LogP contribution in [0.4, 0.5) is 0 Å². The monoisotopic (exact) mass is 257 g/mol. The third-order valence-electron chi connectivity index (χ3n) is 3.60. The van der Waals surface area contributed by atoms with Crippen LogP contribution in [0.5, 0.6) is 0 Å². The van der Waals surface area contributed by atoms with Crippen LogP contribution in [0.2, 0.25) is 0 Å². The minimum Gasteiger partial charge on any atom is -0.400 e. The molecule has 0 saturated heterocycles. The highest BCUT2D eigenvalue weighted by Crippen LogP contribution is 2.33. The number of nitrogens with zero attached hydrogens (tertiary/aromatic N) is 2. The van der Waals surface area contributed by atoms with Gasteiger partial charge in [-0.1, -0.05) is 25.2 Å². The molecule has 0 bridgehead atoms. The number of aliphatic imine (C=N–C) groups is 1. The SMILES string of the molecule is C=C(C)/C=C(\N)C(C)N1CC2=C(CN=C2)/C1=C/CC. The first-order valence-corrected chi connectivity index (χ1v) is 6.86. The molecule has 0 aliphatic carbocycles. The van der Waals surface area contributed by atoms with Crippen molar-refractivity contribution in [2.75, 3.05) is 13.1 Å². The summed E-state index contributed by atoms with van der Waals surface area (Å²) in [4.78, 5) is 6.73. The molecular weight excluding hydrogens is 234 g/mol. The van der Waals surface area contributed by atoms with Gasteiger partial charge in [0.1, 0.15) is 0 Å². The molecule has 1 atom stereocenters. The standard InChI is InChI=1S/C16H23N3/c1-5-6-16-14-9-18-8-13(14)10-19(16)12(4)15(17)7-11(2)3/h6-8,12H,2,5,9-10,17H2,1,3-4H3/b15-7-,16-6-. The topological polar surface area (TPSA) is 41.6 Å². The predicted octanol–water partition coefficient (Wildman–Crippen LogP) is 2.78. The second-order valence-corrected chi connectivity index (χ2v) is 5.27. The van der Waals surface area contributed by atoms with E-state index in [1.165, 1.54) is 16.8 Å². The first-order valence-electron chi connectivity index (χ1n) is 6.86. The molecule has 0 saturated carbocycles. The van der Waals surface area contributed by atoms with Crippen LogP contribution in [0.15, 0.2) is 51.8 Å². The fourth-order valence-corrected chi connectivity index (χ4v) is 2.61. The Bertz CT molecular complexity index is 506. The summed E-state index contributed by atoms with van der Waals surface area (Å²) >= 11 is 0. The molecule has 2 rings (SSSR count). The molecule has 19 heavy (non-hydrogen) atoms. The lowest BCUT2D eigenvalue weighted by atomic mass is 10.1. The Labute approximate surface area is 115 Å². The first-order chi connectivity index (χ1) is 9.04. The Morgan fingerprint density at radius 2 is 2.37 bits per heavy atom. The lowest BCUT2D eigenvalue weighted by molar-refractivity contribution is 0.342. The van der Waals surface area contributed by atoms with Gasteiger partial charge in [-0.3, -0.25) is 4.99 Å². The molecule has 0 spiro atoms. The molecule has 2 N–H and O–H groups in total. The molecular formula is C16H23N3. The van der Waals surface area contributed by atoms with Crippen molar-refractivity contribution in [3.8, 4) is 0 Å². The molecule has 0 aromatic carbocycles. The van der Waals surface area contributed by atoms with E-state index in [-0.39, 0.29) is 6.04 Å². The van der Waals surface area contributed by atoms with E-state index in [0.29, 0.717) is 0 Å². The van der Waals surface area contributed by atoms with Gasteiger partial charge in [-0.15, -0.1) is 0 Å². The van der Waals surface area contributed by atoms with E-state index < -0.39 is 0 Å². The van der Waals surface area contributed by atoms with Gasteiger partial charge in [0.15, 0.2) is 0 Å². The zero-order chi connectivity index (χ0) is 14.0. The molecule has 3 nitrogen and oxygen atoms in total. The van der Waals surface area contributed by atoms with Gasteiger partial charge in [-0.25, -0.2) is 0 Å². The van der Waals surface area contributed by atoms with E-state index in [4.69, 9.17) is 5.73 Å². The Kier molecular flexibility index (Phi) is 3.93. The van der Waals surface area contributed by atoms with Gasteiger partial charge in [0.05, 0.1) is 12.6 Å². The molecule has 102 valence electrons. The molecule has 0 fully saturated rings. The van der Waals surface area contributed by atoms with Crippen LogP contribution in [0, 0.1) is 0 Å². The number of allylic oxidation sites excluding steroid dienone is 3. The van der Waals surface area contributed by atoms with E-state index in [0.717, 1.165) is 30.8 Å². The molecule has 0 radical (unpaired) electrons. The second-order valence-electron chi connectivity index (χ2n) is 5.27. The minimum atomic E-state index is 0.188. The molecule has 3 heteroatoms. The van der Waals surface area contributed by atoms with Gasteiger partial charge in [-0.05, 0) is 31.9 Å². The second kappa shape index (κ2) is 5.47. The summed E-state index contributed by atoms with van der Waals surface area (Å²) in [5.74, 6) is 0. The molecule has 0 aromatic rings. The van der Waals surface area contributed by atoms with Crippen LogP contribution in [-0.4, -0.2) is 30.2 Å². The summed E-state index contributed by atoms with van der Waals surface area (Å²) in [5.41, 5.74) is 12.1. The third kappa shape index (κ3) is 2.65. The number of nitrogens with two attached hydrogens (primary N) is 1. The lowest BCUT2D eigenvalue weighted by Gasteiger charge is -2.30. The van der Waals surface area contributed by atoms with Crippen LogP contribution in [0.3, 0.4) is 0 Å². The quantitative estimate of drug-likeness (QED) is 0.787. The van der Waals surface area contributed by atoms with Gasteiger partial charge in [-0.2, -0.15) is 0 Å². The zero-order valence-corrected chi connectivity index (χ0v) is 12.1. The number of rotatable bonds is 4. The summed E-state index contributed by atoms with van der Waals surface area (Å²) in [6, 6.07) is 0.188. The van der Waals surface area contributed by atoms with Crippen LogP contribution in [0.25, 0.3) is 0 Å². The molecule has 1 unspecified atom stereocenters. The zero-order valence-electron chi connectivity index (χ0n) is 12.1. The van der Waals surface area contributed by atoms with Crippen molar-refractivity contribution < 1.29 is 0 Å². The van der Waals surface area contributed by atoms with E-state index in [9.17, 15) is 0 Å². The van der Waals surface area contributed by atoms with Crippen LogP contribution >= 0.6 is 0 Å². The van der Waals surface area contributed by atoms with Crippen LogP contribution in [0.1, 0.15) is 27.2 Å². The van der Waals surface area contributed by atoms with Crippen LogP contribution in [-0.2, 0) is 0 Å². The molecule has 2 aliphatic rings. The van der Waals surface area contributed by atoms with Crippen molar-refractivity contribution in [2.45, 2.75) is 33.2 Å². The average molecular weight is 257 g/mol. The third-order valence-corrected chi connectivity index (χ3v) is 3.60. The Balaban J connectivity index is 2.24. The molecule has 2 heterocycles. The molecule has 0 amide bonds. The number of hydrogen-bond acceptors (Lipinski definition) is 3. The smallest absolute Gasteiger partial charge is 0.0664 e. The Morgan fingerprint density at radius 1 is 1.63 bits per heavy atom. The first kappa shape index (κ1) is 13.7. The fourth-order valence-electron chi connectivity index (χ4n) is 2.61. The van der Waals surface area contributed by atoms with Crippen molar-refractivity contribution in [1.82, 2.24) is 4.90 Å². The number of hydrogen-bond donors (Lipinski definition) is 1. The summed E-state index contributed by atoms with van der Waals surface area (Å²) in [6.07, 6.45) is 7.27. The lowest BCUT2D eigenvalue weighted by Crippen LogP contribution is -2.35.